The fraction of sp³-hybridized carbons (Fsp3) is 0.938. The molecule has 3 rings (SSSR count). The molecule has 2 N–H and O–H groups in total. The topological polar surface area (TPSA) is 48.9 Å². The van der Waals surface area contributed by atoms with E-state index in [1.54, 1.807) is 0 Å². The maximum Gasteiger partial charge on any atom is 0.191 e. The van der Waals surface area contributed by atoms with Gasteiger partial charge in [-0.3, -0.25) is 9.89 Å². The maximum atomic E-state index is 5.99. The Morgan fingerprint density at radius 1 is 1.39 bits per heavy atom. The second-order valence-corrected chi connectivity index (χ2v) is 8.64. The fourth-order valence-corrected chi connectivity index (χ4v) is 4.93. The zero-order chi connectivity index (χ0) is 15.4. The van der Waals surface area contributed by atoms with Gasteiger partial charge in [0.25, 0.3) is 0 Å². The molecule has 3 fully saturated rings. The molecule has 3 unspecified atom stereocenters. The number of guanidine groups is 1. The van der Waals surface area contributed by atoms with E-state index in [1.165, 1.54) is 38.0 Å². The zero-order valence-corrected chi connectivity index (χ0v) is 17.5. The van der Waals surface area contributed by atoms with E-state index < -0.39 is 0 Å². The van der Waals surface area contributed by atoms with E-state index in [2.05, 4.69) is 39.2 Å². The van der Waals surface area contributed by atoms with Crippen molar-refractivity contribution in [1.82, 2.24) is 15.5 Å². The SMILES string of the molecule is CN=C(NCC1CN2CCCC2CO1)NCC1(C)CCCS1.I. The molecule has 3 aliphatic rings. The van der Waals surface area contributed by atoms with Crippen LogP contribution in [0.1, 0.15) is 32.6 Å². The number of hydrogen-bond acceptors (Lipinski definition) is 4. The van der Waals surface area contributed by atoms with Gasteiger partial charge in [-0.05, 0) is 44.9 Å². The Hall–Kier alpha value is 0.270. The molecule has 0 radical (unpaired) electrons. The minimum absolute atomic E-state index is 0. The first-order valence-corrected chi connectivity index (χ1v) is 9.61. The Balaban J connectivity index is 0.00000192. The highest BCUT2D eigenvalue weighted by Crippen LogP contribution is 2.36. The third-order valence-electron chi connectivity index (χ3n) is 5.11. The largest absolute Gasteiger partial charge is 0.373 e. The van der Waals surface area contributed by atoms with Crippen LogP contribution in [0.15, 0.2) is 4.99 Å². The summed E-state index contributed by atoms with van der Waals surface area (Å²) in [5, 5.41) is 6.92. The molecular formula is C16H31IN4OS. The molecule has 7 heteroatoms. The van der Waals surface area contributed by atoms with Crippen LogP contribution in [0.5, 0.6) is 0 Å². The molecule has 3 heterocycles. The molecule has 0 aromatic carbocycles. The maximum absolute atomic E-state index is 5.99. The molecule has 0 saturated carbocycles. The molecule has 3 aliphatic heterocycles. The van der Waals surface area contributed by atoms with Crippen LogP contribution in [-0.2, 0) is 4.74 Å². The van der Waals surface area contributed by atoms with Crippen LogP contribution in [0.4, 0.5) is 0 Å². The number of morpholine rings is 1. The molecule has 5 nitrogen and oxygen atoms in total. The minimum Gasteiger partial charge on any atom is -0.373 e. The lowest BCUT2D eigenvalue weighted by Crippen LogP contribution is -2.52. The highest BCUT2D eigenvalue weighted by atomic mass is 127. The van der Waals surface area contributed by atoms with Crippen LogP contribution < -0.4 is 10.6 Å². The van der Waals surface area contributed by atoms with Gasteiger partial charge in [0.05, 0.1) is 12.7 Å². The third-order valence-corrected chi connectivity index (χ3v) is 6.65. The second-order valence-electron chi connectivity index (χ2n) is 6.95. The molecule has 0 aromatic rings. The summed E-state index contributed by atoms with van der Waals surface area (Å²) in [6, 6.07) is 0.674. The van der Waals surface area contributed by atoms with E-state index >= 15 is 0 Å². The van der Waals surface area contributed by atoms with Gasteiger partial charge in [-0.25, -0.2) is 0 Å². The molecule has 0 aromatic heterocycles. The number of nitrogens with zero attached hydrogens (tertiary/aromatic N) is 2. The number of thioether (sulfide) groups is 1. The van der Waals surface area contributed by atoms with Gasteiger partial charge in [0.1, 0.15) is 0 Å². The van der Waals surface area contributed by atoms with E-state index in [0.717, 1.165) is 32.2 Å². The summed E-state index contributed by atoms with van der Waals surface area (Å²) in [5.41, 5.74) is 0. The summed E-state index contributed by atoms with van der Waals surface area (Å²) in [6.45, 7) is 7.37. The molecule has 3 saturated heterocycles. The number of aliphatic imine (C=N–C) groups is 1. The smallest absolute Gasteiger partial charge is 0.191 e. The molecule has 0 bridgehead atoms. The van der Waals surface area contributed by atoms with E-state index in [4.69, 9.17) is 4.74 Å². The first-order valence-electron chi connectivity index (χ1n) is 8.63. The van der Waals surface area contributed by atoms with Gasteiger partial charge in [0, 0.05) is 37.5 Å². The van der Waals surface area contributed by atoms with Crippen LogP contribution >= 0.6 is 35.7 Å². The standard InChI is InChI=1S/C16H30N4OS.HI/c1-16(6-4-8-22-16)12-19-15(17-2)18-9-14-10-20-7-3-5-13(20)11-21-14;/h13-14H,3-12H2,1-2H3,(H2,17,18,19);1H. The van der Waals surface area contributed by atoms with E-state index in [9.17, 15) is 0 Å². The van der Waals surface area contributed by atoms with E-state index in [0.29, 0.717) is 10.8 Å². The average Bonchev–Trinajstić information content (AvgIpc) is 3.16. The second kappa shape index (κ2) is 9.10. The van der Waals surface area contributed by atoms with Crippen molar-refractivity contribution in [3.8, 4) is 0 Å². The van der Waals surface area contributed by atoms with Crippen molar-refractivity contribution in [2.45, 2.75) is 49.5 Å². The first-order chi connectivity index (χ1) is 10.7. The number of halogens is 1. The van der Waals surface area contributed by atoms with Crippen molar-refractivity contribution in [2.24, 2.45) is 4.99 Å². The summed E-state index contributed by atoms with van der Waals surface area (Å²) in [5.74, 6) is 2.19. The summed E-state index contributed by atoms with van der Waals surface area (Å²) in [7, 11) is 1.84. The van der Waals surface area contributed by atoms with Crippen molar-refractivity contribution < 1.29 is 4.74 Å². The van der Waals surface area contributed by atoms with Gasteiger partial charge >= 0.3 is 0 Å². The van der Waals surface area contributed by atoms with Gasteiger partial charge in [-0.2, -0.15) is 11.8 Å². The Kier molecular flexibility index (Phi) is 7.75. The van der Waals surface area contributed by atoms with Crippen molar-refractivity contribution in [1.29, 1.82) is 0 Å². The van der Waals surface area contributed by atoms with E-state index in [1.807, 2.05) is 7.05 Å². The molecule has 134 valence electrons. The molecule has 0 amide bonds. The van der Waals surface area contributed by atoms with Gasteiger partial charge in [-0.15, -0.1) is 24.0 Å². The van der Waals surface area contributed by atoms with Crippen molar-refractivity contribution in [3.63, 3.8) is 0 Å². The zero-order valence-electron chi connectivity index (χ0n) is 14.3. The number of ether oxygens (including phenoxy) is 1. The molecule has 3 atom stereocenters. The van der Waals surface area contributed by atoms with Crippen molar-refractivity contribution >= 4 is 41.7 Å². The first kappa shape index (κ1) is 19.6. The molecule has 23 heavy (non-hydrogen) atoms. The summed E-state index contributed by atoms with van der Waals surface area (Å²) in [6.07, 6.45) is 5.54. The van der Waals surface area contributed by atoms with E-state index in [-0.39, 0.29) is 30.1 Å². The van der Waals surface area contributed by atoms with Crippen LogP contribution in [0.25, 0.3) is 0 Å². The Morgan fingerprint density at radius 3 is 3.00 bits per heavy atom. The van der Waals surface area contributed by atoms with Gasteiger partial charge in [-0.1, -0.05) is 0 Å². The van der Waals surface area contributed by atoms with Gasteiger partial charge in [0.2, 0.25) is 0 Å². The Labute approximate surface area is 161 Å². The predicted octanol–water partition coefficient (Wildman–Crippen LogP) is 1.92. The number of rotatable bonds is 4. The van der Waals surface area contributed by atoms with Crippen LogP contribution in [0, 0.1) is 0 Å². The number of fused-ring (bicyclic) bond motifs is 1. The summed E-state index contributed by atoms with van der Waals surface area (Å²) >= 11 is 2.08. The monoisotopic (exact) mass is 454 g/mol. The highest BCUT2D eigenvalue weighted by molar-refractivity contribution is 14.0. The molecular weight excluding hydrogens is 423 g/mol. The van der Waals surface area contributed by atoms with Gasteiger partial charge < -0.3 is 15.4 Å². The van der Waals surface area contributed by atoms with Crippen LogP contribution in [0.2, 0.25) is 0 Å². The minimum atomic E-state index is 0. The molecule has 0 aliphatic carbocycles. The number of nitrogens with one attached hydrogen (secondary N) is 2. The van der Waals surface area contributed by atoms with Crippen LogP contribution in [-0.4, -0.2) is 73.3 Å². The third kappa shape index (κ3) is 5.37. The van der Waals surface area contributed by atoms with Crippen LogP contribution in [0.3, 0.4) is 0 Å². The quantitative estimate of drug-likeness (QED) is 0.386. The van der Waals surface area contributed by atoms with Crippen molar-refractivity contribution in [2.75, 3.05) is 45.6 Å². The Bertz CT molecular complexity index is 404. The average molecular weight is 454 g/mol. The van der Waals surface area contributed by atoms with Crippen molar-refractivity contribution in [3.05, 3.63) is 0 Å². The predicted molar refractivity (Wildman–Crippen MR) is 109 cm³/mol. The fourth-order valence-electron chi connectivity index (χ4n) is 3.69. The highest BCUT2D eigenvalue weighted by Gasteiger charge is 2.32. The summed E-state index contributed by atoms with van der Waals surface area (Å²) < 4.78 is 6.36. The lowest BCUT2D eigenvalue weighted by molar-refractivity contribution is -0.0453. The summed E-state index contributed by atoms with van der Waals surface area (Å²) in [4.78, 5) is 6.93. The number of hydrogen-bond donors (Lipinski definition) is 2. The lowest BCUT2D eigenvalue weighted by atomic mass is 10.1. The Morgan fingerprint density at radius 2 is 2.26 bits per heavy atom. The lowest BCUT2D eigenvalue weighted by Gasteiger charge is -2.35. The molecule has 0 spiro atoms. The normalized spacial score (nSPS) is 34.8. The van der Waals surface area contributed by atoms with Gasteiger partial charge in [0.15, 0.2) is 5.96 Å².